The smallest absolute Gasteiger partial charge is 0.408 e. The van der Waals surface area contributed by atoms with Gasteiger partial charge in [-0.3, -0.25) is 9.59 Å². The molecule has 2 unspecified atom stereocenters. The Morgan fingerprint density at radius 1 is 1.03 bits per heavy atom. The third kappa shape index (κ3) is 9.36. The average molecular weight is 857 g/mol. The molecule has 3 amide bonds. The lowest BCUT2D eigenvalue weighted by molar-refractivity contribution is -0.144. The summed E-state index contributed by atoms with van der Waals surface area (Å²) < 4.78 is 23.6. The molecule has 15 nitrogen and oxygen atoms in total. The molecule has 8 atom stereocenters. The van der Waals surface area contributed by atoms with Crippen molar-refractivity contribution in [2.24, 2.45) is 23.2 Å². The van der Waals surface area contributed by atoms with Gasteiger partial charge in [0.05, 0.1) is 29.9 Å². The van der Waals surface area contributed by atoms with Crippen molar-refractivity contribution in [3.63, 3.8) is 0 Å². The van der Waals surface area contributed by atoms with E-state index >= 15 is 0 Å². The van der Waals surface area contributed by atoms with Crippen LogP contribution in [0.2, 0.25) is 5.02 Å². The molecule has 1 saturated heterocycles. The number of aromatic nitrogens is 2. The molecule has 3 saturated carbocycles. The fraction of sp³-hybridized carbons (Fsp3) is 0.643. The second-order valence-electron chi connectivity index (χ2n) is 17.9. The van der Waals surface area contributed by atoms with Crippen molar-refractivity contribution >= 4 is 56.9 Å². The van der Waals surface area contributed by atoms with Gasteiger partial charge in [0.15, 0.2) is 11.4 Å². The first-order chi connectivity index (χ1) is 28.0. The number of benzene rings is 1. The Balaban J connectivity index is 1.20. The minimum Gasteiger partial charge on any atom is -0.490 e. The van der Waals surface area contributed by atoms with Crippen LogP contribution in [0.4, 0.5) is 9.93 Å². The largest absolute Gasteiger partial charge is 0.490 e. The number of hydrogen-bond donors (Lipinski definition) is 5. The number of ether oxygens (including phenoxy) is 4. The molecular formula is C42H57ClN6O9S. The molecule has 3 aromatic rings. The van der Waals surface area contributed by atoms with Gasteiger partial charge >= 0.3 is 6.09 Å². The Hall–Kier alpha value is -3.96. The lowest BCUT2D eigenvalue weighted by Crippen LogP contribution is -2.59. The summed E-state index contributed by atoms with van der Waals surface area (Å²) in [5.41, 5.74) is -0.498. The molecule has 0 spiro atoms. The first-order valence-electron chi connectivity index (χ1n) is 20.6. The summed E-state index contributed by atoms with van der Waals surface area (Å²) in [6.45, 7) is 12.1. The third-order valence-corrected chi connectivity index (χ3v) is 13.2. The number of alkyl carbamates (subject to hydrolysis) is 1. The zero-order valence-electron chi connectivity index (χ0n) is 34.7. The number of hydrogen-bond acceptors (Lipinski definition) is 13. The first-order valence-corrected chi connectivity index (χ1v) is 21.9. The van der Waals surface area contributed by atoms with E-state index in [0.29, 0.717) is 65.1 Å². The number of likely N-dealkylation sites (tertiary alicyclic amines) is 1. The van der Waals surface area contributed by atoms with E-state index in [1.807, 2.05) is 46.9 Å². The van der Waals surface area contributed by atoms with E-state index in [-0.39, 0.29) is 42.7 Å². The van der Waals surface area contributed by atoms with Gasteiger partial charge in [-0.05, 0) is 74.8 Å². The van der Waals surface area contributed by atoms with Gasteiger partial charge < -0.3 is 50.0 Å². The van der Waals surface area contributed by atoms with Gasteiger partial charge in [0.1, 0.15) is 53.1 Å². The molecule has 4 aliphatic rings. The van der Waals surface area contributed by atoms with E-state index in [0.717, 1.165) is 18.0 Å². The van der Waals surface area contributed by atoms with Crippen LogP contribution >= 0.6 is 22.9 Å². The summed E-state index contributed by atoms with van der Waals surface area (Å²) in [7, 11) is 1.58. The van der Waals surface area contributed by atoms with Crippen LogP contribution in [-0.2, 0) is 19.1 Å². The summed E-state index contributed by atoms with van der Waals surface area (Å²) >= 11 is 8.40. The lowest BCUT2D eigenvalue weighted by atomic mass is 9.85. The molecule has 322 valence electrons. The minimum absolute atomic E-state index is 0.0116. The molecule has 5 N–H and O–H groups in total. The monoisotopic (exact) mass is 856 g/mol. The number of nitrogens with one attached hydrogen (secondary N) is 3. The van der Waals surface area contributed by atoms with E-state index in [4.69, 9.17) is 40.5 Å². The molecule has 0 radical (unpaired) electrons. The van der Waals surface area contributed by atoms with E-state index in [1.54, 1.807) is 25.3 Å². The number of fused-ring (bicyclic) bond motifs is 2. The maximum Gasteiger partial charge on any atom is 0.408 e. The van der Waals surface area contributed by atoms with Gasteiger partial charge in [-0.1, -0.05) is 45.7 Å². The van der Waals surface area contributed by atoms with Crippen molar-refractivity contribution in [1.29, 1.82) is 0 Å². The van der Waals surface area contributed by atoms with Crippen LogP contribution in [-0.4, -0.2) is 112 Å². The van der Waals surface area contributed by atoms with Gasteiger partial charge in [0, 0.05) is 36.4 Å². The second kappa shape index (κ2) is 17.2. The summed E-state index contributed by atoms with van der Waals surface area (Å²) in [5.74, 6) is 0.870. The van der Waals surface area contributed by atoms with E-state index in [1.165, 1.54) is 22.7 Å². The molecule has 59 heavy (non-hydrogen) atoms. The number of thiazole rings is 1. The Bertz CT molecular complexity index is 2030. The highest BCUT2D eigenvalue weighted by Gasteiger charge is 2.60. The maximum atomic E-state index is 14.8. The van der Waals surface area contributed by atoms with Gasteiger partial charge in [-0.2, -0.15) is 0 Å². The number of carbonyl (C=O) groups excluding carboxylic acids is 3. The Labute approximate surface area is 353 Å². The highest BCUT2D eigenvalue weighted by molar-refractivity contribution is 7.14. The number of pyridine rings is 1. The molecular weight excluding hydrogens is 800 g/mol. The number of anilines is 1. The third-order valence-electron chi connectivity index (χ3n) is 12.0. The van der Waals surface area contributed by atoms with E-state index in [9.17, 15) is 24.6 Å². The van der Waals surface area contributed by atoms with Crippen LogP contribution in [0.15, 0.2) is 23.6 Å². The average Bonchev–Trinajstić information content (AvgIpc) is 3.84. The second-order valence-corrected chi connectivity index (χ2v) is 19.1. The van der Waals surface area contributed by atoms with Crippen LogP contribution < -0.4 is 25.4 Å². The highest BCUT2D eigenvalue weighted by atomic mass is 35.5. The minimum atomic E-state index is -1.79. The Morgan fingerprint density at radius 2 is 1.78 bits per heavy atom. The Kier molecular flexibility index (Phi) is 12.6. The van der Waals surface area contributed by atoms with Gasteiger partial charge in [-0.25, -0.2) is 14.8 Å². The quantitative estimate of drug-likeness (QED) is 0.0868. The number of nitrogens with zero attached hydrogens (tertiary/aromatic N) is 3. The van der Waals surface area contributed by atoms with Crippen molar-refractivity contribution in [1.82, 2.24) is 25.5 Å². The van der Waals surface area contributed by atoms with Crippen molar-refractivity contribution in [3.05, 3.63) is 28.6 Å². The molecule has 3 aliphatic carbocycles. The molecule has 1 aromatic carbocycles. The molecule has 17 heteroatoms. The van der Waals surface area contributed by atoms with Gasteiger partial charge in [0.25, 0.3) is 0 Å². The molecule has 4 fully saturated rings. The zero-order chi connectivity index (χ0) is 42.4. The topological polar surface area (TPSA) is 194 Å². The molecule has 1 aliphatic heterocycles. The fourth-order valence-corrected chi connectivity index (χ4v) is 9.73. The van der Waals surface area contributed by atoms with Gasteiger partial charge in [0.2, 0.25) is 11.8 Å². The number of methoxy groups -OCH3 is 1. The van der Waals surface area contributed by atoms with E-state index < -0.39 is 53.3 Å². The van der Waals surface area contributed by atoms with Crippen molar-refractivity contribution in [2.45, 2.75) is 122 Å². The SMILES string of the molecule is CC[C@@H]1CC1(NC(=O)[C@@H]1C[C@@H](Oc2cc(-c3csc(NC(C)C)n3)nc3c(Cl)c(OCCOC)ccc23)CN1C(=O)[C@@H](NC(=O)OC1C[C@@H]2C[C@@H]2C1)C(C)(C)C)C(O)O. The van der Waals surface area contributed by atoms with Crippen LogP contribution in [0.3, 0.4) is 0 Å². The number of amides is 3. The van der Waals surface area contributed by atoms with Crippen molar-refractivity contribution in [2.75, 3.05) is 32.2 Å². The lowest BCUT2D eigenvalue weighted by Gasteiger charge is -2.35. The number of aliphatic hydroxyl groups is 2. The Morgan fingerprint density at radius 3 is 2.42 bits per heavy atom. The molecule has 7 rings (SSSR count). The normalized spacial score (nSPS) is 26.5. The zero-order valence-corrected chi connectivity index (χ0v) is 36.3. The predicted octanol–water partition coefficient (Wildman–Crippen LogP) is 5.74. The number of rotatable bonds is 16. The summed E-state index contributed by atoms with van der Waals surface area (Å²) in [5, 5.41) is 33.3. The summed E-state index contributed by atoms with van der Waals surface area (Å²) in [6.07, 6.45) is 0.565. The standard InChI is InChI=1S/C42H57ClN6O9S/c1-8-24-18-42(24,38(52)53)48-36(50)30-16-26(19-49(30)37(51)35(41(4,5)6)47-40(54)58-25-14-22-13-23(22)15-25)57-32-17-28(29-20-59-39(46-29)44-21(2)3)45-34-27(32)9-10-31(33(34)43)56-12-11-55-7/h9-10,17,20-26,30,35,38,52-53H,8,11-16,18-19H2,1-7H3,(H,44,46)(H,47,54)(H,48,50)/t22-,23+,24-,25?,26-,30+,35-,42?/m1/s1. The van der Waals surface area contributed by atoms with Crippen LogP contribution in [0.5, 0.6) is 11.5 Å². The van der Waals surface area contributed by atoms with Crippen LogP contribution in [0, 0.1) is 23.2 Å². The molecule has 3 heterocycles. The number of carbonyl (C=O) groups is 3. The fourth-order valence-electron chi connectivity index (χ4n) is 8.62. The molecule has 0 bridgehead atoms. The number of halogens is 1. The predicted molar refractivity (Wildman–Crippen MR) is 224 cm³/mol. The molecule has 2 aromatic heterocycles. The maximum absolute atomic E-state index is 14.8. The van der Waals surface area contributed by atoms with Gasteiger partial charge in [-0.15, -0.1) is 11.3 Å². The van der Waals surface area contributed by atoms with E-state index in [2.05, 4.69) is 16.0 Å². The summed E-state index contributed by atoms with van der Waals surface area (Å²) in [4.78, 5) is 53.5. The van der Waals surface area contributed by atoms with Crippen LogP contribution in [0.1, 0.15) is 80.1 Å². The number of aliphatic hydroxyl groups excluding tert-OH is 1. The van der Waals surface area contributed by atoms with Crippen molar-refractivity contribution < 1.29 is 43.5 Å². The summed E-state index contributed by atoms with van der Waals surface area (Å²) in [6, 6.07) is 3.35. The highest BCUT2D eigenvalue weighted by Crippen LogP contribution is 2.52. The first kappa shape index (κ1) is 43.1. The van der Waals surface area contributed by atoms with Crippen LogP contribution in [0.25, 0.3) is 22.3 Å². The van der Waals surface area contributed by atoms with Crippen molar-refractivity contribution in [3.8, 4) is 22.9 Å².